The summed E-state index contributed by atoms with van der Waals surface area (Å²) in [5.74, 6) is -0.359. The van der Waals surface area contributed by atoms with Crippen LogP contribution in [0.5, 0.6) is 5.75 Å². The van der Waals surface area contributed by atoms with Crippen molar-refractivity contribution in [2.45, 2.75) is 6.42 Å². The fourth-order valence-electron chi connectivity index (χ4n) is 2.29. The Morgan fingerprint density at radius 1 is 1.24 bits per heavy atom. The lowest BCUT2D eigenvalue weighted by Gasteiger charge is -2.05. The molecule has 0 aliphatic heterocycles. The second-order valence-electron chi connectivity index (χ2n) is 4.70. The number of Topliss-reactive ketones (excluding diaryl/α,β-unsaturated/α-hetero) is 1. The average Bonchev–Trinajstić information content (AvgIpc) is 2.90. The molecule has 0 fully saturated rings. The summed E-state index contributed by atoms with van der Waals surface area (Å²) in [5, 5.41) is 3.02. The number of halogens is 1. The van der Waals surface area contributed by atoms with Crippen LogP contribution in [0.3, 0.4) is 0 Å². The van der Waals surface area contributed by atoms with Crippen LogP contribution < -0.4 is 4.74 Å². The Morgan fingerprint density at radius 2 is 2.05 bits per heavy atom. The van der Waals surface area contributed by atoms with Crippen LogP contribution in [0.4, 0.5) is 4.39 Å². The summed E-state index contributed by atoms with van der Waals surface area (Å²) in [5.41, 5.74) is 1.04. The van der Waals surface area contributed by atoms with E-state index in [9.17, 15) is 9.18 Å². The zero-order valence-electron chi connectivity index (χ0n) is 11.4. The molecule has 106 valence electrons. The Labute approximate surface area is 125 Å². The molecule has 3 aromatic rings. The molecule has 0 amide bonds. The normalized spacial score (nSPS) is 10.8. The second-order valence-corrected chi connectivity index (χ2v) is 5.61. The molecular weight excluding hydrogens is 287 g/mol. The lowest BCUT2D eigenvalue weighted by molar-refractivity contribution is 0.0989. The van der Waals surface area contributed by atoms with Crippen LogP contribution in [0, 0.1) is 5.82 Å². The van der Waals surface area contributed by atoms with Crippen LogP contribution in [0.15, 0.2) is 47.8 Å². The number of carbonyl (C=O) groups is 1. The van der Waals surface area contributed by atoms with Crippen molar-refractivity contribution in [3.63, 3.8) is 0 Å². The van der Waals surface area contributed by atoms with E-state index < -0.39 is 5.82 Å². The smallest absolute Gasteiger partial charge is 0.170 e. The summed E-state index contributed by atoms with van der Waals surface area (Å²) in [6.45, 7) is 0. The third-order valence-electron chi connectivity index (χ3n) is 3.39. The molecule has 0 N–H and O–H groups in total. The van der Waals surface area contributed by atoms with Crippen molar-refractivity contribution in [1.29, 1.82) is 0 Å². The highest BCUT2D eigenvalue weighted by Gasteiger charge is 2.15. The lowest BCUT2D eigenvalue weighted by Crippen LogP contribution is -2.06. The van der Waals surface area contributed by atoms with Crippen molar-refractivity contribution in [3.8, 4) is 5.75 Å². The van der Waals surface area contributed by atoms with Gasteiger partial charge in [-0.25, -0.2) is 4.39 Å². The van der Waals surface area contributed by atoms with E-state index in [1.54, 1.807) is 17.4 Å². The van der Waals surface area contributed by atoms with Crippen molar-refractivity contribution in [2.24, 2.45) is 0 Å². The number of hydrogen-bond donors (Lipinski definition) is 0. The van der Waals surface area contributed by atoms with Gasteiger partial charge < -0.3 is 4.74 Å². The van der Waals surface area contributed by atoms with E-state index in [-0.39, 0.29) is 17.8 Å². The standard InChI is InChI=1S/C17H13FO2S/c1-20-12-6-7-14(15(18)9-12)16(19)8-11-10-21-17-5-3-2-4-13(11)17/h2-7,9-10H,8H2,1H3. The van der Waals surface area contributed by atoms with Crippen molar-refractivity contribution < 1.29 is 13.9 Å². The van der Waals surface area contributed by atoms with E-state index in [1.807, 2.05) is 29.6 Å². The van der Waals surface area contributed by atoms with Crippen molar-refractivity contribution in [1.82, 2.24) is 0 Å². The first-order chi connectivity index (χ1) is 10.2. The molecule has 1 aromatic heterocycles. The Bertz CT molecular complexity index is 807. The molecule has 0 atom stereocenters. The molecule has 0 aliphatic carbocycles. The summed E-state index contributed by atoms with van der Waals surface area (Å²) in [7, 11) is 1.47. The van der Waals surface area contributed by atoms with Gasteiger partial charge in [-0.15, -0.1) is 11.3 Å². The summed E-state index contributed by atoms with van der Waals surface area (Å²) in [4.78, 5) is 12.3. The van der Waals surface area contributed by atoms with Gasteiger partial charge in [0.05, 0.1) is 12.7 Å². The second kappa shape index (κ2) is 5.66. The number of hydrogen-bond acceptors (Lipinski definition) is 3. The van der Waals surface area contributed by atoms with E-state index in [2.05, 4.69) is 0 Å². The van der Waals surface area contributed by atoms with E-state index in [0.717, 1.165) is 15.6 Å². The van der Waals surface area contributed by atoms with Gasteiger partial charge in [-0.2, -0.15) is 0 Å². The maximum absolute atomic E-state index is 13.9. The number of benzene rings is 2. The lowest BCUT2D eigenvalue weighted by atomic mass is 10.0. The van der Waals surface area contributed by atoms with Gasteiger partial charge >= 0.3 is 0 Å². The van der Waals surface area contributed by atoms with E-state index >= 15 is 0 Å². The van der Waals surface area contributed by atoms with Crippen LogP contribution >= 0.6 is 11.3 Å². The number of thiophene rings is 1. The predicted molar refractivity (Wildman–Crippen MR) is 82.8 cm³/mol. The summed E-state index contributed by atoms with van der Waals surface area (Å²) >= 11 is 1.60. The first-order valence-electron chi connectivity index (χ1n) is 6.51. The number of rotatable bonds is 4. The number of carbonyl (C=O) groups excluding carboxylic acids is 1. The first kappa shape index (κ1) is 13.8. The quantitative estimate of drug-likeness (QED) is 0.664. The van der Waals surface area contributed by atoms with E-state index in [4.69, 9.17) is 4.74 Å². The van der Waals surface area contributed by atoms with Crippen LogP contribution in [-0.4, -0.2) is 12.9 Å². The highest BCUT2D eigenvalue weighted by molar-refractivity contribution is 7.17. The topological polar surface area (TPSA) is 26.3 Å². The molecular formula is C17H13FO2S. The third-order valence-corrected chi connectivity index (χ3v) is 4.40. The predicted octanol–water partition coefficient (Wildman–Crippen LogP) is 4.47. The highest BCUT2D eigenvalue weighted by Crippen LogP contribution is 2.27. The van der Waals surface area contributed by atoms with Crippen LogP contribution in [-0.2, 0) is 6.42 Å². The largest absolute Gasteiger partial charge is 0.497 e. The Balaban J connectivity index is 1.89. The Kier molecular flexibility index (Phi) is 3.71. The minimum atomic E-state index is -0.543. The molecule has 0 saturated carbocycles. The molecule has 2 aromatic carbocycles. The van der Waals surface area contributed by atoms with Crippen LogP contribution in [0.25, 0.3) is 10.1 Å². The average molecular weight is 300 g/mol. The SMILES string of the molecule is COc1ccc(C(=O)Cc2csc3ccccc23)c(F)c1. The van der Waals surface area contributed by atoms with Crippen molar-refractivity contribution in [2.75, 3.05) is 7.11 Å². The number of fused-ring (bicyclic) bond motifs is 1. The maximum atomic E-state index is 13.9. The summed E-state index contributed by atoms with van der Waals surface area (Å²) in [6.07, 6.45) is 0.202. The molecule has 3 rings (SSSR count). The van der Waals surface area contributed by atoms with Crippen LogP contribution in [0.1, 0.15) is 15.9 Å². The van der Waals surface area contributed by atoms with Gasteiger partial charge in [-0.3, -0.25) is 4.79 Å². The van der Waals surface area contributed by atoms with Crippen molar-refractivity contribution >= 4 is 27.2 Å². The molecule has 0 saturated heterocycles. The molecule has 4 heteroatoms. The molecule has 0 unspecified atom stereocenters. The summed E-state index contributed by atoms with van der Waals surface area (Å²) in [6, 6.07) is 12.2. The zero-order valence-corrected chi connectivity index (χ0v) is 12.2. The Hall–Kier alpha value is -2.20. The highest BCUT2D eigenvalue weighted by atomic mass is 32.1. The zero-order chi connectivity index (χ0) is 14.8. The van der Waals surface area contributed by atoms with Gasteiger partial charge in [0.15, 0.2) is 5.78 Å². The van der Waals surface area contributed by atoms with E-state index in [0.29, 0.717) is 5.75 Å². The van der Waals surface area contributed by atoms with Gasteiger partial charge in [0.2, 0.25) is 0 Å². The van der Waals surface area contributed by atoms with Gasteiger partial charge in [0.25, 0.3) is 0 Å². The molecule has 0 radical (unpaired) electrons. The first-order valence-corrected chi connectivity index (χ1v) is 7.39. The minimum Gasteiger partial charge on any atom is -0.497 e. The van der Waals surface area contributed by atoms with Crippen LogP contribution in [0.2, 0.25) is 0 Å². The molecule has 2 nitrogen and oxygen atoms in total. The minimum absolute atomic E-state index is 0.103. The monoisotopic (exact) mass is 300 g/mol. The third kappa shape index (κ3) is 2.67. The molecule has 0 aliphatic rings. The van der Waals surface area contributed by atoms with Gasteiger partial charge in [0.1, 0.15) is 11.6 Å². The number of ketones is 1. The number of methoxy groups -OCH3 is 1. The van der Waals surface area contributed by atoms with Gasteiger partial charge in [-0.1, -0.05) is 18.2 Å². The Morgan fingerprint density at radius 3 is 2.81 bits per heavy atom. The molecule has 0 spiro atoms. The van der Waals surface area contributed by atoms with Gasteiger partial charge in [0, 0.05) is 17.2 Å². The molecule has 0 bridgehead atoms. The molecule has 21 heavy (non-hydrogen) atoms. The fraction of sp³-hybridized carbons (Fsp3) is 0.118. The van der Waals surface area contributed by atoms with Gasteiger partial charge in [-0.05, 0) is 34.5 Å². The number of ether oxygens (including phenoxy) is 1. The summed E-state index contributed by atoms with van der Waals surface area (Å²) < 4.78 is 20.0. The maximum Gasteiger partial charge on any atom is 0.170 e. The molecule has 1 heterocycles. The van der Waals surface area contributed by atoms with Crippen molar-refractivity contribution in [3.05, 3.63) is 64.8 Å². The fourth-order valence-corrected chi connectivity index (χ4v) is 3.25. The van der Waals surface area contributed by atoms with E-state index in [1.165, 1.54) is 19.2 Å².